The summed E-state index contributed by atoms with van der Waals surface area (Å²) in [6.45, 7) is 3.44. The van der Waals surface area contributed by atoms with E-state index in [1.54, 1.807) is 19.2 Å². The zero-order chi connectivity index (χ0) is 18.2. The van der Waals surface area contributed by atoms with Gasteiger partial charge in [0.2, 0.25) is 0 Å². The molecule has 7 heteroatoms. The summed E-state index contributed by atoms with van der Waals surface area (Å²) < 4.78 is 5.19. The standard InChI is InChI=1S/C18H23N3O3S/c1-4-8-21(2)16-10-15(11-24-3)19-18(20-16)25-12-13-6-5-7-14(9-13)17(22)23/h5-7,9-10H,4,8,11-12H2,1-3H3,(H,22,23)/p-1. The van der Waals surface area contributed by atoms with Crippen molar-refractivity contribution in [2.75, 3.05) is 25.6 Å². The fourth-order valence-electron chi connectivity index (χ4n) is 2.33. The van der Waals surface area contributed by atoms with Gasteiger partial charge in [-0.3, -0.25) is 0 Å². The van der Waals surface area contributed by atoms with Gasteiger partial charge in [-0.15, -0.1) is 0 Å². The molecule has 0 aliphatic heterocycles. The molecule has 1 aromatic heterocycles. The second kappa shape index (κ2) is 9.39. The zero-order valence-corrected chi connectivity index (χ0v) is 15.5. The van der Waals surface area contributed by atoms with E-state index in [4.69, 9.17) is 4.74 Å². The molecule has 134 valence electrons. The van der Waals surface area contributed by atoms with Gasteiger partial charge in [-0.25, -0.2) is 9.97 Å². The van der Waals surface area contributed by atoms with Crippen molar-refractivity contribution in [3.05, 3.63) is 47.2 Å². The van der Waals surface area contributed by atoms with Gasteiger partial charge in [0, 0.05) is 32.5 Å². The fraction of sp³-hybridized carbons (Fsp3) is 0.389. The Bertz CT molecular complexity index is 724. The Hall–Kier alpha value is -2.12. The number of carbonyl (C=O) groups is 1. The number of rotatable bonds is 9. The van der Waals surface area contributed by atoms with Crippen molar-refractivity contribution in [2.24, 2.45) is 0 Å². The smallest absolute Gasteiger partial charge is 0.190 e. The Morgan fingerprint density at radius 1 is 1.32 bits per heavy atom. The third-order valence-electron chi connectivity index (χ3n) is 3.52. The lowest BCUT2D eigenvalue weighted by Crippen LogP contribution is -2.22. The number of carboxylic acids is 1. The van der Waals surface area contributed by atoms with E-state index in [0.29, 0.717) is 17.5 Å². The van der Waals surface area contributed by atoms with Crippen LogP contribution in [0.1, 0.15) is 35.0 Å². The van der Waals surface area contributed by atoms with Crippen molar-refractivity contribution in [3.63, 3.8) is 0 Å². The Morgan fingerprint density at radius 2 is 2.12 bits per heavy atom. The largest absolute Gasteiger partial charge is 0.545 e. The molecule has 25 heavy (non-hydrogen) atoms. The highest BCUT2D eigenvalue weighted by Crippen LogP contribution is 2.23. The average molecular weight is 360 g/mol. The number of carbonyl (C=O) groups excluding carboxylic acids is 1. The second-order valence-electron chi connectivity index (χ2n) is 5.63. The van der Waals surface area contributed by atoms with E-state index in [9.17, 15) is 9.90 Å². The molecule has 0 aliphatic carbocycles. The summed E-state index contributed by atoms with van der Waals surface area (Å²) in [4.78, 5) is 22.2. The predicted molar refractivity (Wildman–Crippen MR) is 96.6 cm³/mol. The van der Waals surface area contributed by atoms with Crippen molar-refractivity contribution in [1.82, 2.24) is 9.97 Å². The first-order chi connectivity index (χ1) is 12.0. The first-order valence-electron chi connectivity index (χ1n) is 8.04. The molecule has 0 aliphatic rings. The minimum absolute atomic E-state index is 0.176. The minimum Gasteiger partial charge on any atom is -0.545 e. The molecular formula is C18H22N3O3S-. The topological polar surface area (TPSA) is 78.4 Å². The lowest BCUT2D eigenvalue weighted by molar-refractivity contribution is -0.255. The summed E-state index contributed by atoms with van der Waals surface area (Å²) >= 11 is 1.47. The van der Waals surface area contributed by atoms with Gasteiger partial charge in [0.25, 0.3) is 0 Å². The van der Waals surface area contributed by atoms with Gasteiger partial charge >= 0.3 is 0 Å². The maximum absolute atomic E-state index is 11.0. The van der Waals surface area contributed by atoms with Crippen molar-refractivity contribution in [2.45, 2.75) is 30.9 Å². The van der Waals surface area contributed by atoms with Gasteiger partial charge in [0.05, 0.1) is 18.3 Å². The van der Waals surface area contributed by atoms with Crippen LogP contribution < -0.4 is 10.0 Å². The number of hydrogen-bond acceptors (Lipinski definition) is 7. The molecule has 0 saturated carbocycles. The summed E-state index contributed by atoms with van der Waals surface area (Å²) in [6, 6.07) is 8.66. The second-order valence-corrected chi connectivity index (χ2v) is 6.57. The van der Waals surface area contributed by atoms with Gasteiger partial charge < -0.3 is 19.5 Å². The van der Waals surface area contributed by atoms with Gasteiger partial charge in [-0.2, -0.15) is 0 Å². The fourth-order valence-corrected chi connectivity index (χ4v) is 3.14. The third kappa shape index (κ3) is 5.72. The average Bonchev–Trinajstić information content (AvgIpc) is 2.60. The first kappa shape index (κ1) is 19.2. The van der Waals surface area contributed by atoms with Crippen LogP contribution in [0.5, 0.6) is 0 Å². The highest BCUT2D eigenvalue weighted by Gasteiger charge is 2.09. The molecule has 2 rings (SSSR count). The van der Waals surface area contributed by atoms with E-state index in [1.165, 1.54) is 17.8 Å². The van der Waals surface area contributed by atoms with Crippen molar-refractivity contribution >= 4 is 23.5 Å². The molecule has 0 N–H and O–H groups in total. The molecule has 0 atom stereocenters. The third-order valence-corrected chi connectivity index (χ3v) is 4.44. The highest BCUT2D eigenvalue weighted by atomic mass is 32.2. The molecule has 0 fully saturated rings. The molecular weight excluding hydrogens is 338 g/mol. The predicted octanol–water partition coefficient (Wildman–Crippen LogP) is 2.12. The number of aromatic nitrogens is 2. The quantitative estimate of drug-likeness (QED) is 0.501. The molecule has 6 nitrogen and oxygen atoms in total. The van der Waals surface area contributed by atoms with E-state index < -0.39 is 5.97 Å². The Labute approximate surface area is 152 Å². The van der Waals surface area contributed by atoms with Gasteiger partial charge in [0.15, 0.2) is 5.16 Å². The van der Waals surface area contributed by atoms with Gasteiger partial charge in [-0.05, 0) is 23.6 Å². The molecule has 2 aromatic rings. The normalized spacial score (nSPS) is 10.7. The number of aromatic carboxylic acids is 1. The Balaban J connectivity index is 2.17. The molecule has 0 spiro atoms. The SMILES string of the molecule is CCCN(C)c1cc(COC)nc(SCc2cccc(C(=O)[O-])c2)n1. The molecule has 0 unspecified atom stereocenters. The zero-order valence-electron chi connectivity index (χ0n) is 14.7. The van der Waals surface area contributed by atoms with E-state index in [-0.39, 0.29) is 5.56 Å². The summed E-state index contributed by atoms with van der Waals surface area (Å²) in [5.41, 5.74) is 1.88. The number of thioether (sulfide) groups is 1. The Kier molecular flexibility index (Phi) is 7.21. The Morgan fingerprint density at radius 3 is 2.80 bits per heavy atom. The van der Waals surface area contributed by atoms with E-state index >= 15 is 0 Å². The lowest BCUT2D eigenvalue weighted by atomic mass is 10.1. The van der Waals surface area contributed by atoms with E-state index in [1.807, 2.05) is 19.2 Å². The van der Waals surface area contributed by atoms with Crippen LogP contribution in [-0.4, -0.2) is 36.6 Å². The molecule has 0 amide bonds. The van der Waals surface area contributed by atoms with Crippen molar-refractivity contribution in [1.29, 1.82) is 0 Å². The van der Waals surface area contributed by atoms with Crippen LogP contribution in [0.2, 0.25) is 0 Å². The number of carboxylic acid groups (broad SMARTS) is 1. The van der Waals surface area contributed by atoms with E-state index in [2.05, 4.69) is 21.8 Å². The van der Waals surface area contributed by atoms with Crippen molar-refractivity contribution in [3.8, 4) is 0 Å². The lowest BCUT2D eigenvalue weighted by Gasteiger charge is -2.18. The van der Waals surface area contributed by atoms with Gasteiger partial charge in [-0.1, -0.05) is 36.9 Å². The molecule has 1 heterocycles. The van der Waals surface area contributed by atoms with Crippen LogP contribution in [0.25, 0.3) is 0 Å². The van der Waals surface area contributed by atoms with Crippen molar-refractivity contribution < 1.29 is 14.6 Å². The highest BCUT2D eigenvalue weighted by molar-refractivity contribution is 7.98. The molecule has 1 aromatic carbocycles. The van der Waals surface area contributed by atoms with E-state index in [0.717, 1.165) is 30.0 Å². The molecule has 0 radical (unpaired) electrons. The summed E-state index contributed by atoms with van der Waals surface area (Å²) in [7, 11) is 3.63. The minimum atomic E-state index is -1.17. The number of ether oxygens (including phenoxy) is 1. The van der Waals surface area contributed by atoms with Crippen LogP contribution >= 0.6 is 11.8 Å². The summed E-state index contributed by atoms with van der Waals surface area (Å²) in [5, 5.41) is 11.6. The number of hydrogen-bond donors (Lipinski definition) is 0. The first-order valence-corrected chi connectivity index (χ1v) is 9.03. The molecule has 0 bridgehead atoms. The summed E-state index contributed by atoms with van der Waals surface area (Å²) in [6.07, 6.45) is 1.03. The van der Waals surface area contributed by atoms with Crippen LogP contribution in [0.15, 0.2) is 35.5 Å². The number of anilines is 1. The molecule has 0 saturated heterocycles. The monoisotopic (exact) mass is 360 g/mol. The number of nitrogens with zero attached hydrogens (tertiary/aromatic N) is 3. The van der Waals surface area contributed by atoms with Crippen LogP contribution in [0.4, 0.5) is 5.82 Å². The number of methoxy groups -OCH3 is 1. The summed E-state index contributed by atoms with van der Waals surface area (Å²) in [5.74, 6) is 0.262. The van der Waals surface area contributed by atoms with Crippen LogP contribution in [-0.2, 0) is 17.1 Å². The maximum Gasteiger partial charge on any atom is 0.190 e. The number of benzene rings is 1. The van der Waals surface area contributed by atoms with Crippen LogP contribution in [0.3, 0.4) is 0 Å². The van der Waals surface area contributed by atoms with Gasteiger partial charge in [0.1, 0.15) is 5.82 Å². The maximum atomic E-state index is 11.0. The van der Waals surface area contributed by atoms with Crippen LogP contribution in [0, 0.1) is 0 Å².